The van der Waals surface area contributed by atoms with Crippen molar-refractivity contribution in [3.63, 3.8) is 0 Å². The van der Waals surface area contributed by atoms with E-state index in [9.17, 15) is 19.8 Å². The Morgan fingerprint density at radius 1 is 1.07 bits per heavy atom. The number of phenolic OH excluding ortho intramolecular Hbond substituents is 1. The topological polar surface area (TPSA) is 81.1 Å². The van der Waals surface area contributed by atoms with Gasteiger partial charge in [0.25, 0.3) is 11.8 Å². The first-order valence-corrected chi connectivity index (χ1v) is 9.85. The summed E-state index contributed by atoms with van der Waals surface area (Å²) in [5.41, 5.74) is 0.980. The molecule has 2 rings (SSSR count). The molecule has 0 bridgehead atoms. The molecule has 0 fully saturated rings. The van der Waals surface area contributed by atoms with E-state index >= 15 is 0 Å². The Balaban J connectivity index is 1.93. The SMILES string of the molecule is CCN(CCCN(CC)C(=O)c1cccc(O)c1)C(=O)C1=CCC(C)C(O)=C1. The summed E-state index contributed by atoms with van der Waals surface area (Å²) in [5, 5.41) is 19.5. The summed E-state index contributed by atoms with van der Waals surface area (Å²) >= 11 is 0. The summed E-state index contributed by atoms with van der Waals surface area (Å²) in [7, 11) is 0. The first kappa shape index (κ1) is 21.5. The molecule has 6 nitrogen and oxygen atoms in total. The minimum atomic E-state index is -0.135. The van der Waals surface area contributed by atoms with Crippen LogP contribution in [0.5, 0.6) is 5.75 Å². The Morgan fingerprint density at radius 3 is 2.29 bits per heavy atom. The molecule has 28 heavy (non-hydrogen) atoms. The van der Waals surface area contributed by atoms with Crippen molar-refractivity contribution < 1.29 is 19.8 Å². The van der Waals surface area contributed by atoms with E-state index in [2.05, 4.69) is 0 Å². The van der Waals surface area contributed by atoms with E-state index in [0.717, 1.165) is 0 Å². The Labute approximate surface area is 166 Å². The number of aromatic hydroxyl groups is 1. The second kappa shape index (κ2) is 9.97. The van der Waals surface area contributed by atoms with Crippen molar-refractivity contribution in [2.24, 2.45) is 5.92 Å². The highest BCUT2D eigenvalue weighted by molar-refractivity contribution is 5.96. The van der Waals surface area contributed by atoms with E-state index in [1.54, 1.807) is 28.0 Å². The minimum Gasteiger partial charge on any atom is -0.512 e. The fourth-order valence-electron chi connectivity index (χ4n) is 3.20. The van der Waals surface area contributed by atoms with Gasteiger partial charge in [0, 0.05) is 43.2 Å². The Bertz CT molecular complexity index is 770. The molecule has 1 aromatic rings. The molecule has 1 aliphatic rings. The highest BCUT2D eigenvalue weighted by Crippen LogP contribution is 2.22. The van der Waals surface area contributed by atoms with Gasteiger partial charge in [-0.25, -0.2) is 0 Å². The van der Waals surface area contributed by atoms with Crippen molar-refractivity contribution in [2.75, 3.05) is 26.2 Å². The Kier molecular flexibility index (Phi) is 7.67. The van der Waals surface area contributed by atoms with Crippen LogP contribution in [0.15, 0.2) is 47.7 Å². The molecule has 0 saturated carbocycles. The number of benzene rings is 1. The minimum absolute atomic E-state index is 0.0492. The van der Waals surface area contributed by atoms with Crippen LogP contribution in [-0.4, -0.2) is 58.0 Å². The maximum Gasteiger partial charge on any atom is 0.253 e. The average Bonchev–Trinajstić information content (AvgIpc) is 2.69. The second-order valence-corrected chi connectivity index (χ2v) is 7.04. The number of carbonyl (C=O) groups excluding carboxylic acids is 2. The molecule has 1 atom stereocenters. The third-order valence-corrected chi connectivity index (χ3v) is 5.03. The first-order chi connectivity index (χ1) is 13.4. The lowest BCUT2D eigenvalue weighted by atomic mass is 9.96. The molecule has 0 radical (unpaired) electrons. The van der Waals surface area contributed by atoms with Crippen LogP contribution in [-0.2, 0) is 4.79 Å². The normalized spacial score (nSPS) is 16.2. The molecule has 152 valence electrons. The van der Waals surface area contributed by atoms with Gasteiger partial charge in [-0.2, -0.15) is 0 Å². The molecule has 6 heteroatoms. The smallest absolute Gasteiger partial charge is 0.253 e. The molecule has 0 aromatic heterocycles. The van der Waals surface area contributed by atoms with Gasteiger partial charge in [-0.15, -0.1) is 0 Å². The zero-order valence-corrected chi connectivity index (χ0v) is 16.9. The number of hydrogen-bond donors (Lipinski definition) is 2. The third kappa shape index (κ3) is 5.38. The lowest BCUT2D eigenvalue weighted by molar-refractivity contribution is -0.126. The molecule has 0 saturated heterocycles. The number of hydrogen-bond acceptors (Lipinski definition) is 4. The van der Waals surface area contributed by atoms with Crippen molar-refractivity contribution in [3.8, 4) is 5.75 Å². The van der Waals surface area contributed by atoms with E-state index in [-0.39, 0.29) is 29.2 Å². The van der Waals surface area contributed by atoms with Gasteiger partial charge in [0.1, 0.15) is 5.75 Å². The van der Waals surface area contributed by atoms with Gasteiger partial charge in [0.2, 0.25) is 0 Å². The molecule has 2 amide bonds. The maximum absolute atomic E-state index is 12.7. The zero-order chi connectivity index (χ0) is 20.7. The van der Waals surface area contributed by atoms with Crippen molar-refractivity contribution >= 4 is 11.8 Å². The highest BCUT2D eigenvalue weighted by Gasteiger charge is 2.21. The van der Waals surface area contributed by atoms with Gasteiger partial charge in [0.05, 0.1) is 5.76 Å². The number of allylic oxidation sites excluding steroid dienone is 2. The standard InChI is InChI=1S/C22H30N2O4/c1-4-23(21(27)17-8-6-9-19(25)14-17)12-7-13-24(5-2)22(28)18-11-10-16(3)20(26)15-18/h6,8-9,11,14-16,25-26H,4-5,7,10,12-13H2,1-3H3. The van der Waals surface area contributed by atoms with Crippen LogP contribution in [0.25, 0.3) is 0 Å². The van der Waals surface area contributed by atoms with E-state index in [4.69, 9.17) is 0 Å². The monoisotopic (exact) mass is 386 g/mol. The Hall–Kier alpha value is -2.76. The van der Waals surface area contributed by atoms with Gasteiger partial charge in [-0.1, -0.05) is 19.1 Å². The highest BCUT2D eigenvalue weighted by atomic mass is 16.3. The number of amides is 2. The summed E-state index contributed by atoms with van der Waals surface area (Å²) in [6.07, 6.45) is 4.74. The molecular weight excluding hydrogens is 356 g/mol. The van der Waals surface area contributed by atoms with E-state index in [1.165, 1.54) is 12.1 Å². The maximum atomic E-state index is 12.7. The molecule has 0 heterocycles. The molecule has 2 N–H and O–H groups in total. The predicted molar refractivity (Wildman–Crippen MR) is 109 cm³/mol. The summed E-state index contributed by atoms with van der Waals surface area (Å²) in [5.74, 6) is 0.132. The van der Waals surface area contributed by atoms with Crippen LogP contribution in [0.4, 0.5) is 0 Å². The number of aliphatic hydroxyl groups is 1. The number of aliphatic hydroxyl groups excluding tert-OH is 1. The van der Waals surface area contributed by atoms with Crippen LogP contribution in [0, 0.1) is 5.92 Å². The van der Waals surface area contributed by atoms with Gasteiger partial charge in [-0.05, 0) is 51.0 Å². The van der Waals surface area contributed by atoms with Crippen LogP contribution in [0.1, 0.15) is 44.0 Å². The lowest BCUT2D eigenvalue weighted by Gasteiger charge is -2.26. The molecule has 1 aromatic carbocycles. The fraction of sp³-hybridized carbons (Fsp3) is 0.455. The van der Waals surface area contributed by atoms with Crippen molar-refractivity contribution in [3.05, 3.63) is 53.3 Å². The van der Waals surface area contributed by atoms with Crippen LogP contribution in [0.2, 0.25) is 0 Å². The average molecular weight is 386 g/mol. The summed E-state index contributed by atoms with van der Waals surface area (Å²) in [6, 6.07) is 6.32. The number of nitrogens with zero attached hydrogens (tertiary/aromatic N) is 2. The number of rotatable bonds is 8. The predicted octanol–water partition coefficient (Wildman–Crippen LogP) is 3.50. The lowest BCUT2D eigenvalue weighted by Crippen LogP contribution is -2.37. The van der Waals surface area contributed by atoms with E-state index in [0.29, 0.717) is 50.2 Å². The first-order valence-electron chi connectivity index (χ1n) is 9.85. The molecule has 1 aliphatic carbocycles. The quantitative estimate of drug-likeness (QED) is 0.716. The van der Waals surface area contributed by atoms with Crippen molar-refractivity contribution in [2.45, 2.75) is 33.6 Å². The second-order valence-electron chi connectivity index (χ2n) is 7.04. The fourth-order valence-corrected chi connectivity index (χ4v) is 3.20. The third-order valence-electron chi connectivity index (χ3n) is 5.03. The van der Waals surface area contributed by atoms with Gasteiger partial charge in [0.15, 0.2) is 0 Å². The van der Waals surface area contributed by atoms with Crippen LogP contribution < -0.4 is 0 Å². The van der Waals surface area contributed by atoms with Gasteiger partial charge < -0.3 is 20.0 Å². The summed E-state index contributed by atoms with van der Waals surface area (Å²) < 4.78 is 0. The van der Waals surface area contributed by atoms with E-state index in [1.807, 2.05) is 26.8 Å². The number of likely N-dealkylation sites (N-methyl/N-ethyl adjacent to an activating group) is 1. The molecule has 1 unspecified atom stereocenters. The summed E-state index contributed by atoms with van der Waals surface area (Å²) in [6.45, 7) is 7.91. The summed E-state index contributed by atoms with van der Waals surface area (Å²) in [4.78, 5) is 28.8. The van der Waals surface area contributed by atoms with Crippen LogP contribution in [0.3, 0.4) is 0 Å². The largest absolute Gasteiger partial charge is 0.512 e. The zero-order valence-electron chi connectivity index (χ0n) is 16.9. The Morgan fingerprint density at radius 2 is 1.71 bits per heavy atom. The number of carbonyl (C=O) groups is 2. The van der Waals surface area contributed by atoms with Gasteiger partial charge in [-0.3, -0.25) is 9.59 Å². The van der Waals surface area contributed by atoms with Gasteiger partial charge >= 0.3 is 0 Å². The molecule has 0 spiro atoms. The van der Waals surface area contributed by atoms with Crippen molar-refractivity contribution in [1.82, 2.24) is 9.80 Å². The van der Waals surface area contributed by atoms with Crippen molar-refractivity contribution in [1.29, 1.82) is 0 Å². The van der Waals surface area contributed by atoms with Crippen LogP contribution >= 0.6 is 0 Å². The molecular formula is C22H30N2O4. The van der Waals surface area contributed by atoms with E-state index < -0.39 is 0 Å². The molecule has 0 aliphatic heterocycles. The number of phenols is 1.